The van der Waals surface area contributed by atoms with Gasteiger partial charge in [-0.1, -0.05) is 28.1 Å². The van der Waals surface area contributed by atoms with Crippen LogP contribution in [0.2, 0.25) is 0 Å². The van der Waals surface area contributed by atoms with Crippen molar-refractivity contribution in [1.82, 2.24) is 0 Å². The largest absolute Gasteiger partial charge is 0.455 e. The van der Waals surface area contributed by atoms with Crippen LogP contribution >= 0.6 is 15.9 Å². The number of rotatable bonds is 3. The smallest absolute Gasteiger partial charge is 0.177 e. The van der Waals surface area contributed by atoms with Crippen molar-refractivity contribution in [2.45, 2.75) is 11.8 Å². The maximum atomic E-state index is 11.6. The molecule has 20 heavy (non-hydrogen) atoms. The summed E-state index contributed by atoms with van der Waals surface area (Å²) in [6.07, 6.45) is 1.12. The van der Waals surface area contributed by atoms with Gasteiger partial charge in [-0.2, -0.15) is 0 Å². The van der Waals surface area contributed by atoms with Crippen LogP contribution in [0.3, 0.4) is 0 Å². The monoisotopic (exact) mass is 355 g/mol. The summed E-state index contributed by atoms with van der Waals surface area (Å²) in [5, 5.41) is 0. The number of hydrogen-bond acceptors (Lipinski definition) is 4. The zero-order chi connectivity index (χ0) is 14.9. The predicted molar refractivity (Wildman–Crippen MR) is 82.9 cm³/mol. The third-order valence-corrected chi connectivity index (χ3v) is 4.44. The highest BCUT2D eigenvalue weighted by molar-refractivity contribution is 9.10. The Morgan fingerprint density at radius 1 is 1.15 bits per heavy atom. The van der Waals surface area contributed by atoms with Gasteiger partial charge in [-0.05, 0) is 36.8 Å². The van der Waals surface area contributed by atoms with Crippen molar-refractivity contribution in [2.24, 2.45) is 0 Å². The molecule has 0 bridgehead atoms. The average Bonchev–Trinajstić information content (AvgIpc) is 2.35. The van der Waals surface area contributed by atoms with Gasteiger partial charge in [0.25, 0.3) is 0 Å². The molecule has 4 nitrogen and oxygen atoms in total. The lowest BCUT2D eigenvalue weighted by Crippen LogP contribution is -2.04. The molecule has 0 atom stereocenters. The van der Waals surface area contributed by atoms with Gasteiger partial charge in [0.15, 0.2) is 15.6 Å². The summed E-state index contributed by atoms with van der Waals surface area (Å²) in [5.41, 5.74) is 6.94. The Balaban J connectivity index is 2.47. The van der Waals surface area contributed by atoms with Crippen LogP contribution in [0.1, 0.15) is 5.56 Å². The topological polar surface area (TPSA) is 69.4 Å². The van der Waals surface area contributed by atoms with E-state index in [1.165, 1.54) is 6.07 Å². The Kier molecular flexibility index (Phi) is 4.06. The summed E-state index contributed by atoms with van der Waals surface area (Å²) in [6, 6.07) is 10.3. The molecular formula is C14H14BrNO3S. The first-order valence-corrected chi connectivity index (χ1v) is 8.50. The lowest BCUT2D eigenvalue weighted by molar-refractivity contribution is 0.479. The number of hydrogen-bond donors (Lipinski definition) is 1. The Bertz CT molecular complexity index is 757. The van der Waals surface area contributed by atoms with Gasteiger partial charge in [-0.25, -0.2) is 8.42 Å². The fourth-order valence-electron chi connectivity index (χ4n) is 1.74. The summed E-state index contributed by atoms with van der Waals surface area (Å²) in [4.78, 5) is 0.0719. The molecule has 0 fully saturated rings. The molecule has 2 aromatic carbocycles. The van der Waals surface area contributed by atoms with E-state index in [-0.39, 0.29) is 10.6 Å². The van der Waals surface area contributed by atoms with E-state index in [4.69, 9.17) is 10.5 Å². The number of halogens is 1. The molecular weight excluding hydrogens is 342 g/mol. The SMILES string of the molecule is Cc1ccc(Br)cc1Oc1cccc(S(C)(=O)=O)c1N. The first kappa shape index (κ1) is 14.9. The van der Waals surface area contributed by atoms with Gasteiger partial charge in [0.1, 0.15) is 5.75 Å². The van der Waals surface area contributed by atoms with Crippen LogP contribution in [0.5, 0.6) is 11.5 Å². The normalized spacial score (nSPS) is 11.3. The van der Waals surface area contributed by atoms with Crippen molar-refractivity contribution in [3.63, 3.8) is 0 Å². The van der Waals surface area contributed by atoms with Gasteiger partial charge in [0, 0.05) is 10.7 Å². The number of sulfone groups is 1. The van der Waals surface area contributed by atoms with Crippen molar-refractivity contribution in [3.8, 4) is 11.5 Å². The zero-order valence-electron chi connectivity index (χ0n) is 11.1. The van der Waals surface area contributed by atoms with E-state index in [0.29, 0.717) is 11.5 Å². The molecule has 2 N–H and O–H groups in total. The lowest BCUT2D eigenvalue weighted by Gasteiger charge is -2.13. The van der Waals surface area contributed by atoms with Crippen LogP contribution < -0.4 is 10.5 Å². The summed E-state index contributed by atoms with van der Waals surface area (Å²) >= 11 is 3.37. The van der Waals surface area contributed by atoms with E-state index in [2.05, 4.69) is 15.9 Å². The van der Waals surface area contributed by atoms with E-state index in [9.17, 15) is 8.42 Å². The molecule has 6 heteroatoms. The minimum atomic E-state index is -3.38. The van der Waals surface area contributed by atoms with Crippen LogP contribution in [0, 0.1) is 6.92 Å². The van der Waals surface area contributed by atoms with Crippen molar-refractivity contribution in [1.29, 1.82) is 0 Å². The standard InChI is InChI=1S/C14H14BrNO3S/c1-9-6-7-10(15)8-12(9)19-11-4-3-5-13(14(11)16)20(2,17)18/h3-8H,16H2,1-2H3. The first-order valence-electron chi connectivity index (χ1n) is 5.81. The molecule has 2 rings (SSSR count). The number of aryl methyl sites for hydroxylation is 1. The summed E-state index contributed by atoms with van der Waals surface area (Å²) < 4.78 is 29.9. The van der Waals surface area contributed by atoms with Crippen LogP contribution in [0.4, 0.5) is 5.69 Å². The van der Waals surface area contributed by atoms with E-state index < -0.39 is 9.84 Å². The Morgan fingerprint density at radius 3 is 2.50 bits per heavy atom. The van der Waals surface area contributed by atoms with Crippen LogP contribution in [0.25, 0.3) is 0 Å². The Labute approximate surface area is 126 Å². The number of ether oxygens (including phenoxy) is 1. The number of para-hydroxylation sites is 1. The molecule has 0 aromatic heterocycles. The predicted octanol–water partition coefficient (Wildman–Crippen LogP) is 3.54. The molecule has 0 radical (unpaired) electrons. The molecule has 106 valence electrons. The lowest BCUT2D eigenvalue weighted by atomic mass is 10.2. The zero-order valence-corrected chi connectivity index (χ0v) is 13.5. The van der Waals surface area contributed by atoms with Gasteiger partial charge in [0.2, 0.25) is 0 Å². The van der Waals surface area contributed by atoms with Crippen LogP contribution in [-0.2, 0) is 9.84 Å². The Hall–Kier alpha value is -1.53. The summed E-state index contributed by atoms with van der Waals surface area (Å²) in [6.45, 7) is 1.90. The molecule has 0 aliphatic carbocycles. The van der Waals surface area contributed by atoms with Crippen molar-refractivity contribution in [2.75, 3.05) is 12.0 Å². The quantitative estimate of drug-likeness (QED) is 0.854. The molecule has 0 amide bonds. The maximum absolute atomic E-state index is 11.6. The second kappa shape index (κ2) is 5.46. The summed E-state index contributed by atoms with van der Waals surface area (Å²) in [7, 11) is -3.38. The van der Waals surface area contributed by atoms with Crippen molar-refractivity contribution in [3.05, 3.63) is 46.4 Å². The number of benzene rings is 2. The maximum Gasteiger partial charge on any atom is 0.177 e. The molecule has 0 unspecified atom stereocenters. The van der Waals surface area contributed by atoms with Crippen LogP contribution in [0.15, 0.2) is 45.8 Å². The molecule has 0 aliphatic heterocycles. The van der Waals surface area contributed by atoms with Crippen molar-refractivity contribution < 1.29 is 13.2 Å². The molecule has 0 saturated heterocycles. The molecule has 0 heterocycles. The fourth-order valence-corrected chi connectivity index (χ4v) is 2.90. The number of nitrogens with two attached hydrogens (primary N) is 1. The second-order valence-electron chi connectivity index (χ2n) is 4.45. The van der Waals surface area contributed by atoms with Crippen LogP contribution in [-0.4, -0.2) is 14.7 Å². The highest BCUT2D eigenvalue weighted by Gasteiger charge is 2.15. The number of nitrogen functional groups attached to an aromatic ring is 1. The highest BCUT2D eigenvalue weighted by Crippen LogP contribution is 2.34. The average molecular weight is 356 g/mol. The first-order chi connectivity index (χ1) is 9.29. The minimum absolute atomic E-state index is 0.0719. The minimum Gasteiger partial charge on any atom is -0.455 e. The van der Waals surface area contributed by atoms with E-state index in [1.54, 1.807) is 12.1 Å². The molecule has 0 aliphatic rings. The van der Waals surface area contributed by atoms with Gasteiger partial charge >= 0.3 is 0 Å². The third kappa shape index (κ3) is 3.13. The Morgan fingerprint density at radius 2 is 1.85 bits per heavy atom. The van der Waals surface area contributed by atoms with Crippen molar-refractivity contribution >= 4 is 31.5 Å². The van der Waals surface area contributed by atoms with Gasteiger partial charge in [0.05, 0.1) is 10.6 Å². The van der Waals surface area contributed by atoms with Gasteiger partial charge < -0.3 is 10.5 Å². The molecule has 0 spiro atoms. The van der Waals surface area contributed by atoms with E-state index >= 15 is 0 Å². The third-order valence-electron chi connectivity index (χ3n) is 2.80. The second-order valence-corrected chi connectivity index (χ2v) is 7.35. The van der Waals surface area contributed by atoms with Gasteiger partial charge in [-0.15, -0.1) is 0 Å². The van der Waals surface area contributed by atoms with E-state index in [1.807, 2.05) is 25.1 Å². The van der Waals surface area contributed by atoms with Gasteiger partial charge in [-0.3, -0.25) is 0 Å². The fraction of sp³-hybridized carbons (Fsp3) is 0.143. The van der Waals surface area contributed by atoms with E-state index in [0.717, 1.165) is 16.3 Å². The highest BCUT2D eigenvalue weighted by atomic mass is 79.9. The summed E-state index contributed by atoms with van der Waals surface area (Å²) in [5.74, 6) is 0.950. The number of anilines is 1. The molecule has 2 aromatic rings. The molecule has 0 saturated carbocycles.